The summed E-state index contributed by atoms with van der Waals surface area (Å²) in [5.41, 5.74) is 4.99. The summed E-state index contributed by atoms with van der Waals surface area (Å²) in [4.78, 5) is 0. The zero-order chi connectivity index (χ0) is 8.27. The third-order valence-corrected chi connectivity index (χ3v) is 1.29. The van der Waals surface area contributed by atoms with Gasteiger partial charge >= 0.3 is 0 Å². The number of halogens is 2. The number of benzene rings is 1. The molecule has 0 heterocycles. The van der Waals surface area contributed by atoms with Crippen molar-refractivity contribution in [2.75, 3.05) is 0 Å². The third-order valence-electron chi connectivity index (χ3n) is 1.04. The molecule has 0 aliphatic heterocycles. The molecule has 3 nitrogen and oxygen atoms in total. The molecule has 66 valence electrons. The first kappa shape index (κ1) is 11.1. The number of nitrogens with two attached hydrogens (primary N) is 1. The van der Waals surface area contributed by atoms with Crippen molar-refractivity contribution in [3.63, 3.8) is 0 Å². The fraction of sp³-hybridized carbons (Fsp3) is 0. The molecule has 1 aromatic rings. The van der Waals surface area contributed by atoms with Crippen LogP contribution in [0.1, 0.15) is 0 Å². The van der Waals surface area contributed by atoms with E-state index in [1.54, 1.807) is 24.3 Å². The molecule has 0 aliphatic carbocycles. The second-order valence-corrected chi connectivity index (χ2v) is 2.36. The fourth-order valence-electron chi connectivity index (χ4n) is 0.630. The van der Waals surface area contributed by atoms with E-state index >= 15 is 0 Å². The standard InChI is InChI=1S/C7H7ClN2O.ClH/c8-5-1-3-6(4-2-5)11-7(9)10;/h1-4H,(H3,9,10);1H. The van der Waals surface area contributed by atoms with Crippen LogP contribution < -0.4 is 10.5 Å². The molecule has 0 fully saturated rings. The van der Waals surface area contributed by atoms with E-state index in [0.29, 0.717) is 10.8 Å². The van der Waals surface area contributed by atoms with Gasteiger partial charge in [-0.05, 0) is 24.3 Å². The van der Waals surface area contributed by atoms with Crippen LogP contribution in [0.25, 0.3) is 0 Å². The lowest BCUT2D eigenvalue weighted by Gasteiger charge is -2.00. The molecule has 0 unspecified atom stereocenters. The Morgan fingerprint density at radius 2 is 1.83 bits per heavy atom. The van der Waals surface area contributed by atoms with Gasteiger partial charge in [0.25, 0.3) is 6.02 Å². The van der Waals surface area contributed by atoms with Gasteiger partial charge in [0.1, 0.15) is 5.75 Å². The maximum absolute atomic E-state index is 6.81. The predicted octanol–water partition coefficient (Wildman–Crippen LogP) is 2.03. The van der Waals surface area contributed by atoms with Crippen LogP contribution >= 0.6 is 24.0 Å². The summed E-state index contributed by atoms with van der Waals surface area (Å²) in [5, 5.41) is 7.43. The molecular weight excluding hydrogens is 199 g/mol. The molecule has 0 saturated carbocycles. The second kappa shape index (κ2) is 4.85. The molecule has 5 heteroatoms. The van der Waals surface area contributed by atoms with Gasteiger partial charge in [-0.25, -0.2) is 0 Å². The molecule has 12 heavy (non-hydrogen) atoms. The Morgan fingerprint density at radius 1 is 1.33 bits per heavy atom. The average Bonchev–Trinajstić information content (AvgIpc) is 1.93. The topological polar surface area (TPSA) is 59.1 Å². The monoisotopic (exact) mass is 206 g/mol. The van der Waals surface area contributed by atoms with Crippen LogP contribution in [-0.4, -0.2) is 6.02 Å². The maximum Gasteiger partial charge on any atom is 0.284 e. The highest BCUT2D eigenvalue weighted by Gasteiger charge is 1.93. The highest BCUT2D eigenvalue weighted by molar-refractivity contribution is 6.30. The average molecular weight is 207 g/mol. The predicted molar refractivity (Wildman–Crippen MR) is 51.2 cm³/mol. The molecule has 3 N–H and O–H groups in total. The normalized spacial score (nSPS) is 8.42. The maximum atomic E-state index is 6.81. The number of nitrogens with one attached hydrogen (secondary N) is 1. The smallest absolute Gasteiger partial charge is 0.284 e. The lowest BCUT2D eigenvalue weighted by Crippen LogP contribution is -2.17. The minimum absolute atomic E-state index is 0. The molecule has 0 aromatic heterocycles. The molecule has 0 radical (unpaired) electrons. The van der Waals surface area contributed by atoms with Crippen molar-refractivity contribution in [3.05, 3.63) is 29.3 Å². The van der Waals surface area contributed by atoms with Crippen molar-refractivity contribution in [1.29, 1.82) is 5.41 Å². The van der Waals surface area contributed by atoms with E-state index in [9.17, 15) is 0 Å². The summed E-state index contributed by atoms with van der Waals surface area (Å²) in [5.74, 6) is 0.516. The first-order valence-corrected chi connectivity index (χ1v) is 3.34. The van der Waals surface area contributed by atoms with E-state index < -0.39 is 0 Å². The van der Waals surface area contributed by atoms with E-state index in [0.717, 1.165) is 0 Å². The van der Waals surface area contributed by atoms with Gasteiger partial charge in [0.15, 0.2) is 0 Å². The van der Waals surface area contributed by atoms with Crippen LogP contribution in [-0.2, 0) is 0 Å². The van der Waals surface area contributed by atoms with Gasteiger partial charge in [-0.2, -0.15) is 0 Å². The second-order valence-electron chi connectivity index (χ2n) is 1.92. The Hall–Kier alpha value is -0.930. The van der Waals surface area contributed by atoms with Crippen molar-refractivity contribution in [3.8, 4) is 5.75 Å². The number of amidine groups is 1. The Kier molecular flexibility index (Phi) is 4.47. The molecule has 1 aromatic carbocycles. The van der Waals surface area contributed by atoms with Crippen LogP contribution in [0.3, 0.4) is 0 Å². The summed E-state index contributed by atoms with van der Waals surface area (Å²) in [6.07, 6.45) is 0. The molecular formula is C7H8Cl2N2O. The van der Waals surface area contributed by atoms with Crippen molar-refractivity contribution in [1.82, 2.24) is 0 Å². The molecule has 0 bridgehead atoms. The van der Waals surface area contributed by atoms with Crippen molar-refractivity contribution < 1.29 is 4.74 Å². The fourth-order valence-corrected chi connectivity index (χ4v) is 0.756. The molecule has 1 rings (SSSR count). The van der Waals surface area contributed by atoms with Crippen LogP contribution in [0.4, 0.5) is 0 Å². The third kappa shape index (κ3) is 3.46. The van der Waals surface area contributed by atoms with Crippen LogP contribution in [0.15, 0.2) is 24.3 Å². The lowest BCUT2D eigenvalue weighted by molar-refractivity contribution is 0.537. The Balaban J connectivity index is 0.00000121. The summed E-state index contributed by atoms with van der Waals surface area (Å²) in [6, 6.07) is 6.29. The summed E-state index contributed by atoms with van der Waals surface area (Å²) >= 11 is 5.61. The number of ether oxygens (including phenoxy) is 1. The van der Waals surface area contributed by atoms with Crippen molar-refractivity contribution >= 4 is 30.0 Å². The van der Waals surface area contributed by atoms with Crippen molar-refractivity contribution in [2.24, 2.45) is 5.73 Å². The number of rotatable bonds is 1. The van der Waals surface area contributed by atoms with E-state index in [4.69, 9.17) is 27.5 Å². The minimum Gasteiger partial charge on any atom is -0.426 e. The number of hydrogen-bond donors (Lipinski definition) is 2. The molecule has 0 aliphatic rings. The molecule has 0 amide bonds. The molecule has 0 spiro atoms. The largest absolute Gasteiger partial charge is 0.426 e. The molecule has 0 atom stereocenters. The van der Waals surface area contributed by atoms with Gasteiger partial charge in [0.2, 0.25) is 0 Å². The van der Waals surface area contributed by atoms with Crippen LogP contribution in [0.2, 0.25) is 5.02 Å². The molecule has 0 saturated heterocycles. The van der Waals surface area contributed by atoms with E-state index in [-0.39, 0.29) is 18.4 Å². The quantitative estimate of drug-likeness (QED) is 0.546. The van der Waals surface area contributed by atoms with Gasteiger partial charge < -0.3 is 10.5 Å². The highest BCUT2D eigenvalue weighted by atomic mass is 35.5. The van der Waals surface area contributed by atoms with Crippen LogP contribution in [0.5, 0.6) is 5.75 Å². The van der Waals surface area contributed by atoms with Gasteiger partial charge in [-0.15, -0.1) is 12.4 Å². The Labute approximate surface area is 81.4 Å². The zero-order valence-electron chi connectivity index (χ0n) is 6.08. The van der Waals surface area contributed by atoms with Gasteiger partial charge in [-0.1, -0.05) is 11.6 Å². The first-order valence-electron chi connectivity index (χ1n) is 2.96. The van der Waals surface area contributed by atoms with E-state index in [1.165, 1.54) is 0 Å². The SMILES string of the molecule is Cl.N=C(N)Oc1ccc(Cl)cc1. The summed E-state index contributed by atoms with van der Waals surface area (Å²) in [6.45, 7) is 0. The minimum atomic E-state index is -0.327. The van der Waals surface area contributed by atoms with E-state index in [2.05, 4.69) is 0 Å². The number of hydrogen-bond acceptors (Lipinski definition) is 2. The Morgan fingerprint density at radius 3 is 2.25 bits per heavy atom. The summed E-state index contributed by atoms with van der Waals surface area (Å²) in [7, 11) is 0. The summed E-state index contributed by atoms with van der Waals surface area (Å²) < 4.78 is 4.77. The Bertz CT molecular complexity index is 261. The van der Waals surface area contributed by atoms with Gasteiger partial charge in [0, 0.05) is 5.02 Å². The highest BCUT2D eigenvalue weighted by Crippen LogP contribution is 2.14. The van der Waals surface area contributed by atoms with Gasteiger partial charge in [0.05, 0.1) is 0 Å². The van der Waals surface area contributed by atoms with E-state index in [1.807, 2.05) is 0 Å². The van der Waals surface area contributed by atoms with Gasteiger partial charge in [-0.3, -0.25) is 5.41 Å². The lowest BCUT2D eigenvalue weighted by atomic mass is 10.3. The zero-order valence-corrected chi connectivity index (χ0v) is 7.65. The van der Waals surface area contributed by atoms with Crippen molar-refractivity contribution in [2.45, 2.75) is 0 Å². The first-order chi connectivity index (χ1) is 5.18. The van der Waals surface area contributed by atoms with Crippen LogP contribution in [0, 0.1) is 5.41 Å².